The summed E-state index contributed by atoms with van der Waals surface area (Å²) in [7, 11) is 1.57. The number of nitrogens with zero attached hydrogens (tertiary/aromatic N) is 3. The first-order valence-electron chi connectivity index (χ1n) is 8.04. The zero-order valence-electron chi connectivity index (χ0n) is 14.0. The number of aromatic nitrogens is 3. The van der Waals surface area contributed by atoms with Gasteiger partial charge in [0.2, 0.25) is 5.91 Å². The van der Waals surface area contributed by atoms with Gasteiger partial charge in [-0.15, -0.1) is 11.3 Å². The number of ether oxygens (including phenoxy) is 1. The Balaban J connectivity index is 1.74. The van der Waals surface area contributed by atoms with Crippen molar-refractivity contribution in [2.75, 3.05) is 13.7 Å². The fourth-order valence-corrected chi connectivity index (χ4v) is 3.94. The lowest BCUT2D eigenvalue weighted by atomic mass is 10.2. The molecular formula is C17H18N4O3S. The highest BCUT2D eigenvalue weighted by Crippen LogP contribution is 2.29. The Bertz CT molecular complexity index is 1000. The number of aromatic amines is 1. The van der Waals surface area contributed by atoms with Crippen molar-refractivity contribution < 1.29 is 9.53 Å². The van der Waals surface area contributed by atoms with Gasteiger partial charge in [-0.1, -0.05) is 6.07 Å². The van der Waals surface area contributed by atoms with Gasteiger partial charge in [-0.2, -0.15) is 0 Å². The van der Waals surface area contributed by atoms with Crippen molar-refractivity contribution in [3.63, 3.8) is 0 Å². The molecule has 0 unspecified atom stereocenters. The molecule has 1 amide bonds. The number of H-pyrrole nitrogens is 1. The van der Waals surface area contributed by atoms with Crippen molar-refractivity contribution in [3.05, 3.63) is 44.7 Å². The third-order valence-corrected chi connectivity index (χ3v) is 5.41. The summed E-state index contributed by atoms with van der Waals surface area (Å²) in [5.74, 6) is -0.0242. The second-order valence-electron chi connectivity index (χ2n) is 6.08. The molecule has 25 heavy (non-hydrogen) atoms. The molecule has 0 radical (unpaired) electrons. The van der Waals surface area contributed by atoms with Crippen LogP contribution in [0.2, 0.25) is 0 Å². The SMILES string of the molecule is COCCC(=O)N1Cc2nc3c(C)c(-c4cccs4)[nH]n3c(=O)c2C1. The molecule has 0 fully saturated rings. The quantitative estimate of drug-likeness (QED) is 0.773. The van der Waals surface area contributed by atoms with Crippen LogP contribution in [-0.4, -0.2) is 39.1 Å². The number of carbonyl (C=O) groups excluding carboxylic acids is 1. The second kappa shape index (κ2) is 6.12. The summed E-state index contributed by atoms with van der Waals surface area (Å²) in [6, 6.07) is 3.99. The van der Waals surface area contributed by atoms with Crippen molar-refractivity contribution in [1.82, 2.24) is 19.5 Å². The molecule has 8 heteroatoms. The van der Waals surface area contributed by atoms with E-state index in [0.29, 0.717) is 43.0 Å². The Morgan fingerprint density at radius 3 is 3.00 bits per heavy atom. The zero-order valence-corrected chi connectivity index (χ0v) is 14.9. The summed E-state index contributed by atoms with van der Waals surface area (Å²) in [4.78, 5) is 32.5. The molecular weight excluding hydrogens is 340 g/mol. The van der Waals surface area contributed by atoms with Crippen LogP contribution in [0, 0.1) is 6.92 Å². The maximum absolute atomic E-state index is 12.9. The number of aryl methyl sites for hydroxylation is 1. The predicted octanol–water partition coefficient (Wildman–Crippen LogP) is 1.94. The molecule has 3 aromatic heterocycles. The Morgan fingerprint density at radius 2 is 2.28 bits per heavy atom. The van der Waals surface area contributed by atoms with Gasteiger partial charge in [0.25, 0.3) is 5.56 Å². The monoisotopic (exact) mass is 358 g/mol. The van der Waals surface area contributed by atoms with Gasteiger partial charge in [0.1, 0.15) is 0 Å². The molecule has 0 atom stereocenters. The van der Waals surface area contributed by atoms with Gasteiger partial charge in [-0.05, 0) is 18.4 Å². The number of nitrogens with one attached hydrogen (secondary N) is 1. The number of fused-ring (bicyclic) bond motifs is 2. The van der Waals surface area contributed by atoms with Crippen molar-refractivity contribution in [2.45, 2.75) is 26.4 Å². The highest BCUT2D eigenvalue weighted by Gasteiger charge is 2.29. The van der Waals surface area contributed by atoms with E-state index < -0.39 is 0 Å². The molecule has 0 aromatic carbocycles. The van der Waals surface area contributed by atoms with Crippen LogP contribution in [0.3, 0.4) is 0 Å². The third kappa shape index (κ3) is 2.58. The van der Waals surface area contributed by atoms with Gasteiger partial charge in [0.05, 0.1) is 47.9 Å². The number of amides is 1. The Morgan fingerprint density at radius 1 is 1.44 bits per heavy atom. The van der Waals surface area contributed by atoms with Crippen LogP contribution in [0.1, 0.15) is 23.2 Å². The first-order valence-corrected chi connectivity index (χ1v) is 8.91. The van der Waals surface area contributed by atoms with Gasteiger partial charge in [0, 0.05) is 12.7 Å². The number of methoxy groups -OCH3 is 1. The maximum Gasteiger partial charge on any atom is 0.278 e. The molecule has 1 aliphatic heterocycles. The molecule has 7 nitrogen and oxygen atoms in total. The molecule has 0 spiro atoms. The van der Waals surface area contributed by atoms with Crippen LogP contribution in [0.4, 0.5) is 0 Å². The van der Waals surface area contributed by atoms with Gasteiger partial charge in [0.15, 0.2) is 5.65 Å². The molecule has 0 saturated carbocycles. The molecule has 1 aliphatic rings. The van der Waals surface area contributed by atoms with Crippen LogP contribution in [0.15, 0.2) is 22.3 Å². The first kappa shape index (κ1) is 16.0. The second-order valence-corrected chi connectivity index (χ2v) is 7.03. The van der Waals surface area contributed by atoms with Gasteiger partial charge >= 0.3 is 0 Å². The molecule has 4 rings (SSSR count). The van der Waals surface area contributed by atoms with E-state index in [1.165, 1.54) is 4.52 Å². The molecule has 3 aromatic rings. The lowest BCUT2D eigenvalue weighted by molar-refractivity contribution is -0.132. The normalized spacial score (nSPS) is 13.6. The average Bonchev–Trinajstić information content (AvgIpc) is 3.32. The number of hydrogen-bond acceptors (Lipinski definition) is 5. The van der Waals surface area contributed by atoms with E-state index in [0.717, 1.165) is 16.1 Å². The van der Waals surface area contributed by atoms with Gasteiger partial charge in [-0.25, -0.2) is 9.50 Å². The summed E-state index contributed by atoms with van der Waals surface area (Å²) in [6.07, 6.45) is 0.311. The van der Waals surface area contributed by atoms with Crippen molar-refractivity contribution >= 4 is 22.9 Å². The van der Waals surface area contributed by atoms with E-state index in [1.54, 1.807) is 23.3 Å². The topological polar surface area (TPSA) is 79.7 Å². The Hall–Kier alpha value is -2.45. The summed E-state index contributed by atoms with van der Waals surface area (Å²) in [5, 5.41) is 5.17. The molecule has 0 bridgehead atoms. The van der Waals surface area contributed by atoms with Gasteiger partial charge in [-0.3, -0.25) is 14.7 Å². The standard InChI is InChI=1S/C17H18N4O3S/c1-10-15(13-4-3-7-25-13)19-21-16(10)18-12-9-20(8-11(12)17(21)23)14(22)5-6-24-2/h3-4,7,19H,5-6,8-9H2,1-2H3. The Kier molecular flexibility index (Phi) is 3.93. The van der Waals surface area contributed by atoms with Crippen LogP contribution in [-0.2, 0) is 22.6 Å². The van der Waals surface area contributed by atoms with E-state index in [2.05, 4.69) is 10.1 Å². The molecule has 0 aliphatic carbocycles. The zero-order chi connectivity index (χ0) is 17.6. The van der Waals surface area contributed by atoms with Crippen LogP contribution >= 0.6 is 11.3 Å². The van der Waals surface area contributed by atoms with E-state index in [9.17, 15) is 9.59 Å². The fraction of sp³-hybridized carbons (Fsp3) is 0.353. The largest absolute Gasteiger partial charge is 0.384 e. The Labute approximate surface area is 147 Å². The minimum atomic E-state index is -0.132. The lowest BCUT2D eigenvalue weighted by Gasteiger charge is -2.14. The maximum atomic E-state index is 12.9. The van der Waals surface area contributed by atoms with Gasteiger partial charge < -0.3 is 9.64 Å². The molecule has 130 valence electrons. The van der Waals surface area contributed by atoms with Crippen LogP contribution in [0.5, 0.6) is 0 Å². The number of rotatable bonds is 4. The van der Waals surface area contributed by atoms with Crippen molar-refractivity contribution in [3.8, 4) is 10.6 Å². The highest BCUT2D eigenvalue weighted by atomic mass is 32.1. The van der Waals surface area contributed by atoms with E-state index in [1.807, 2.05) is 24.4 Å². The molecule has 4 heterocycles. The fourth-order valence-electron chi connectivity index (χ4n) is 3.16. The minimum absolute atomic E-state index is 0.0242. The van der Waals surface area contributed by atoms with Crippen molar-refractivity contribution in [1.29, 1.82) is 0 Å². The predicted molar refractivity (Wildman–Crippen MR) is 94.6 cm³/mol. The molecule has 1 N–H and O–H groups in total. The molecule has 0 saturated heterocycles. The average molecular weight is 358 g/mol. The summed E-state index contributed by atoms with van der Waals surface area (Å²) in [5.41, 5.74) is 3.62. The first-order chi connectivity index (χ1) is 12.1. The third-order valence-electron chi connectivity index (χ3n) is 4.53. The summed E-state index contributed by atoms with van der Waals surface area (Å²) < 4.78 is 6.45. The van der Waals surface area contributed by atoms with Crippen LogP contribution < -0.4 is 5.56 Å². The number of carbonyl (C=O) groups is 1. The number of thiophene rings is 1. The highest BCUT2D eigenvalue weighted by molar-refractivity contribution is 7.13. The van der Waals surface area contributed by atoms with Crippen molar-refractivity contribution in [2.24, 2.45) is 0 Å². The number of hydrogen-bond donors (Lipinski definition) is 1. The summed E-state index contributed by atoms with van der Waals surface area (Å²) >= 11 is 1.61. The van der Waals surface area contributed by atoms with Crippen LogP contribution in [0.25, 0.3) is 16.2 Å². The van der Waals surface area contributed by atoms with E-state index in [-0.39, 0.29) is 11.5 Å². The summed E-state index contributed by atoms with van der Waals surface area (Å²) in [6.45, 7) is 3.01. The van der Waals surface area contributed by atoms with E-state index >= 15 is 0 Å². The smallest absolute Gasteiger partial charge is 0.278 e. The van der Waals surface area contributed by atoms with E-state index in [4.69, 9.17) is 4.74 Å². The lowest BCUT2D eigenvalue weighted by Crippen LogP contribution is -2.27. The minimum Gasteiger partial charge on any atom is -0.384 e.